The third kappa shape index (κ3) is 3.89. The maximum Gasteiger partial charge on any atom is 0.139 e. The average Bonchev–Trinajstić information content (AvgIpc) is 3.21. The molecule has 2 aromatic carbocycles. The number of benzene rings is 2. The highest BCUT2D eigenvalue weighted by Crippen LogP contribution is 2.38. The zero-order valence-electron chi connectivity index (χ0n) is 18.9. The van der Waals surface area contributed by atoms with Crippen LogP contribution in [0.4, 0.5) is 16.4 Å². The van der Waals surface area contributed by atoms with Crippen LogP contribution in [0.15, 0.2) is 65.0 Å². The molecule has 6 heteroatoms. The van der Waals surface area contributed by atoms with E-state index in [1.165, 1.54) is 16.1 Å². The maximum absolute atomic E-state index is 5.58. The Morgan fingerprint density at radius 2 is 1.91 bits per heavy atom. The number of amidine groups is 1. The van der Waals surface area contributed by atoms with Crippen LogP contribution in [0.3, 0.4) is 0 Å². The van der Waals surface area contributed by atoms with E-state index >= 15 is 0 Å². The second kappa shape index (κ2) is 8.96. The molecule has 166 valence electrons. The summed E-state index contributed by atoms with van der Waals surface area (Å²) in [6, 6.07) is 19.7. The lowest BCUT2D eigenvalue weighted by molar-refractivity contribution is 0.0845. The number of hydrogen-bond acceptors (Lipinski definition) is 6. The van der Waals surface area contributed by atoms with E-state index in [1.54, 1.807) is 18.4 Å². The van der Waals surface area contributed by atoms with Gasteiger partial charge in [0.15, 0.2) is 0 Å². The molecular formula is C26H30N4OS. The number of fused-ring (bicyclic) bond motifs is 2. The molecule has 1 fully saturated rings. The van der Waals surface area contributed by atoms with Crippen molar-refractivity contribution in [1.82, 2.24) is 9.80 Å². The van der Waals surface area contributed by atoms with E-state index < -0.39 is 0 Å². The van der Waals surface area contributed by atoms with Crippen LogP contribution in [0.1, 0.15) is 24.5 Å². The van der Waals surface area contributed by atoms with Gasteiger partial charge in [-0.2, -0.15) is 0 Å². The highest BCUT2D eigenvalue weighted by Gasteiger charge is 2.35. The minimum Gasteiger partial charge on any atom is -0.496 e. The number of aliphatic imine (C=N–C) groups is 1. The third-order valence-electron chi connectivity index (χ3n) is 6.77. The Morgan fingerprint density at radius 3 is 2.78 bits per heavy atom. The highest BCUT2D eigenvalue weighted by atomic mass is 32.1. The van der Waals surface area contributed by atoms with Crippen molar-refractivity contribution in [2.24, 2.45) is 4.99 Å². The van der Waals surface area contributed by atoms with Gasteiger partial charge >= 0.3 is 0 Å². The number of thiophene rings is 1. The molecule has 1 aromatic heterocycles. The van der Waals surface area contributed by atoms with E-state index in [2.05, 4.69) is 83.0 Å². The van der Waals surface area contributed by atoms with Crippen LogP contribution in [0.25, 0.3) is 0 Å². The van der Waals surface area contributed by atoms with Crippen LogP contribution in [-0.4, -0.2) is 55.0 Å². The van der Waals surface area contributed by atoms with Crippen molar-refractivity contribution in [3.8, 4) is 5.75 Å². The summed E-state index contributed by atoms with van der Waals surface area (Å²) >= 11 is 1.74. The number of rotatable bonds is 4. The number of anilines is 2. The Balaban J connectivity index is 1.43. The van der Waals surface area contributed by atoms with Crippen LogP contribution in [0, 0.1) is 0 Å². The summed E-state index contributed by atoms with van der Waals surface area (Å²) in [6.07, 6.45) is 2.07. The van der Waals surface area contributed by atoms with E-state index in [9.17, 15) is 0 Å². The molecule has 2 atom stereocenters. The van der Waals surface area contributed by atoms with Gasteiger partial charge in [-0.05, 0) is 62.0 Å². The molecule has 0 aliphatic carbocycles. The van der Waals surface area contributed by atoms with E-state index in [0.29, 0.717) is 12.1 Å². The van der Waals surface area contributed by atoms with Gasteiger partial charge in [0.05, 0.1) is 24.0 Å². The molecule has 5 rings (SSSR count). The SMILES string of the molecule is COc1ccccc1CCC1C(C)N(C2=Nc3ccccc3Nc3sccc32)CCN1C. The number of likely N-dealkylation sites (N-methyl/N-ethyl adjacent to an activating group) is 1. The normalized spacial score (nSPS) is 20.6. The molecule has 2 unspecified atom stereocenters. The summed E-state index contributed by atoms with van der Waals surface area (Å²) in [5, 5.41) is 6.92. The molecule has 0 saturated carbocycles. The molecule has 5 nitrogen and oxygen atoms in total. The Kier molecular flexibility index (Phi) is 5.89. The number of methoxy groups -OCH3 is 1. The number of ether oxygens (including phenoxy) is 1. The minimum absolute atomic E-state index is 0.347. The monoisotopic (exact) mass is 446 g/mol. The van der Waals surface area contributed by atoms with Crippen LogP contribution in [0.2, 0.25) is 0 Å². The van der Waals surface area contributed by atoms with Gasteiger partial charge in [0, 0.05) is 25.2 Å². The topological polar surface area (TPSA) is 40.1 Å². The second-order valence-corrected chi connectivity index (χ2v) is 9.49. The van der Waals surface area contributed by atoms with Crippen molar-refractivity contribution in [3.63, 3.8) is 0 Å². The first-order valence-electron chi connectivity index (χ1n) is 11.3. The van der Waals surface area contributed by atoms with Crippen molar-refractivity contribution < 1.29 is 4.74 Å². The molecule has 2 aliphatic rings. The van der Waals surface area contributed by atoms with Crippen LogP contribution in [0.5, 0.6) is 5.75 Å². The second-order valence-electron chi connectivity index (χ2n) is 8.57. The molecule has 1 N–H and O–H groups in total. The highest BCUT2D eigenvalue weighted by molar-refractivity contribution is 7.14. The average molecular weight is 447 g/mol. The first kappa shape index (κ1) is 21.0. The zero-order chi connectivity index (χ0) is 22.1. The van der Waals surface area contributed by atoms with Gasteiger partial charge in [0.2, 0.25) is 0 Å². The van der Waals surface area contributed by atoms with Crippen molar-refractivity contribution in [2.75, 3.05) is 32.6 Å². The number of hydrogen-bond donors (Lipinski definition) is 1. The molecule has 0 amide bonds. The lowest BCUT2D eigenvalue weighted by Crippen LogP contribution is -2.59. The predicted molar refractivity (Wildman–Crippen MR) is 134 cm³/mol. The third-order valence-corrected chi connectivity index (χ3v) is 7.60. The van der Waals surface area contributed by atoms with Gasteiger partial charge in [-0.3, -0.25) is 4.90 Å². The molecule has 0 radical (unpaired) electrons. The van der Waals surface area contributed by atoms with Crippen molar-refractivity contribution >= 4 is 33.5 Å². The molecule has 32 heavy (non-hydrogen) atoms. The summed E-state index contributed by atoms with van der Waals surface area (Å²) < 4.78 is 5.58. The Labute approximate surface area is 194 Å². The van der Waals surface area contributed by atoms with Gasteiger partial charge in [0.25, 0.3) is 0 Å². The van der Waals surface area contributed by atoms with Gasteiger partial charge in [-0.1, -0.05) is 30.3 Å². The predicted octanol–water partition coefficient (Wildman–Crippen LogP) is 5.53. The van der Waals surface area contributed by atoms with Crippen LogP contribution >= 0.6 is 11.3 Å². The van der Waals surface area contributed by atoms with Crippen molar-refractivity contribution in [3.05, 3.63) is 71.1 Å². The van der Waals surface area contributed by atoms with E-state index in [0.717, 1.165) is 48.9 Å². The fourth-order valence-corrected chi connectivity index (χ4v) is 5.75. The smallest absolute Gasteiger partial charge is 0.139 e. The Bertz CT molecular complexity index is 1120. The summed E-state index contributed by atoms with van der Waals surface area (Å²) in [5.41, 5.74) is 4.55. The molecule has 1 saturated heterocycles. The Morgan fingerprint density at radius 1 is 1.09 bits per heavy atom. The van der Waals surface area contributed by atoms with Crippen molar-refractivity contribution in [2.45, 2.75) is 31.8 Å². The molecular weight excluding hydrogens is 416 g/mol. The lowest BCUT2D eigenvalue weighted by atomic mass is 9.95. The summed E-state index contributed by atoms with van der Waals surface area (Å²) in [4.78, 5) is 10.2. The quantitative estimate of drug-likeness (QED) is 0.572. The zero-order valence-corrected chi connectivity index (χ0v) is 19.7. The summed E-state index contributed by atoms with van der Waals surface area (Å²) in [6.45, 7) is 4.34. The number of para-hydroxylation sites is 3. The lowest BCUT2D eigenvalue weighted by Gasteiger charge is -2.46. The fourth-order valence-electron chi connectivity index (χ4n) is 4.96. The molecule has 0 bridgehead atoms. The van der Waals surface area contributed by atoms with Crippen LogP contribution in [-0.2, 0) is 6.42 Å². The van der Waals surface area contributed by atoms with Crippen molar-refractivity contribution in [1.29, 1.82) is 0 Å². The number of nitrogens with one attached hydrogen (secondary N) is 1. The standard InChI is InChI=1S/C26H30N4OS/c1-18-23(13-12-19-8-4-7-11-24(19)31-3)29(2)15-16-30(18)25-20-14-17-32-26(20)28-22-10-6-5-9-21(22)27-25/h4-11,14,17-18,23,28H,12-13,15-16H2,1-3H3. The van der Waals surface area contributed by atoms with Crippen LogP contribution < -0.4 is 10.1 Å². The summed E-state index contributed by atoms with van der Waals surface area (Å²) in [5.74, 6) is 2.07. The van der Waals surface area contributed by atoms with E-state index in [4.69, 9.17) is 9.73 Å². The molecule has 3 heterocycles. The van der Waals surface area contributed by atoms with Gasteiger partial charge < -0.3 is 15.0 Å². The molecule has 3 aromatic rings. The van der Waals surface area contributed by atoms with Gasteiger partial charge in [-0.15, -0.1) is 11.3 Å². The fraction of sp³-hybridized carbons (Fsp3) is 0.346. The number of piperazine rings is 1. The molecule has 0 spiro atoms. The van der Waals surface area contributed by atoms with E-state index in [1.807, 2.05) is 6.07 Å². The van der Waals surface area contributed by atoms with Gasteiger partial charge in [-0.25, -0.2) is 4.99 Å². The largest absolute Gasteiger partial charge is 0.496 e. The first-order chi connectivity index (χ1) is 15.7. The van der Waals surface area contributed by atoms with E-state index in [-0.39, 0.29) is 0 Å². The molecule has 2 aliphatic heterocycles. The maximum atomic E-state index is 5.58. The first-order valence-corrected chi connectivity index (χ1v) is 12.1. The number of aryl methyl sites for hydroxylation is 1. The summed E-state index contributed by atoms with van der Waals surface area (Å²) in [7, 11) is 4.01. The van der Waals surface area contributed by atoms with Gasteiger partial charge in [0.1, 0.15) is 16.6 Å². The minimum atomic E-state index is 0.347. The Hall–Kier alpha value is -2.83. The number of nitrogens with zero attached hydrogens (tertiary/aromatic N) is 3.